The van der Waals surface area contributed by atoms with Gasteiger partial charge in [-0.2, -0.15) is 0 Å². The van der Waals surface area contributed by atoms with Gasteiger partial charge in [-0.3, -0.25) is 9.69 Å². The molecule has 22 heavy (non-hydrogen) atoms. The predicted molar refractivity (Wildman–Crippen MR) is 83.5 cm³/mol. The first-order valence-electron chi connectivity index (χ1n) is 7.05. The number of aliphatic carboxylic acids is 1. The summed E-state index contributed by atoms with van der Waals surface area (Å²) in [6.07, 6.45) is 1.22. The monoisotopic (exact) mass is 346 g/mol. The number of likely N-dealkylation sites (N-methyl/N-ethyl adjacent to an activating group) is 1. The van der Waals surface area contributed by atoms with Gasteiger partial charge in [0, 0.05) is 17.1 Å². The van der Waals surface area contributed by atoms with E-state index in [2.05, 4.69) is 4.72 Å². The summed E-state index contributed by atoms with van der Waals surface area (Å²) in [7, 11) is -3.59. The van der Waals surface area contributed by atoms with Gasteiger partial charge in [0.1, 0.15) is 0 Å². The van der Waals surface area contributed by atoms with E-state index in [1.54, 1.807) is 12.1 Å². The smallest absolute Gasteiger partial charge is 0.317 e. The highest BCUT2D eigenvalue weighted by Gasteiger charge is 2.36. The molecule has 1 aliphatic carbocycles. The van der Waals surface area contributed by atoms with Crippen molar-refractivity contribution in [2.75, 3.05) is 13.1 Å². The molecule has 0 aliphatic heterocycles. The van der Waals surface area contributed by atoms with Gasteiger partial charge in [0.15, 0.2) is 0 Å². The third-order valence-electron chi connectivity index (χ3n) is 3.80. The van der Waals surface area contributed by atoms with Crippen molar-refractivity contribution in [3.8, 4) is 0 Å². The lowest BCUT2D eigenvalue weighted by Crippen LogP contribution is -2.54. The van der Waals surface area contributed by atoms with Crippen LogP contribution in [-0.2, 0) is 14.8 Å². The molecule has 122 valence electrons. The SMILES string of the molecule is CCN(CC(=O)O)C1CC(NS(=O)(=O)c2cccc(Cl)c2)C1. The van der Waals surface area contributed by atoms with Crippen LogP contribution in [0, 0.1) is 0 Å². The summed E-state index contributed by atoms with van der Waals surface area (Å²) in [5.41, 5.74) is 0. The average Bonchev–Trinajstić information content (AvgIpc) is 2.40. The largest absolute Gasteiger partial charge is 0.480 e. The topological polar surface area (TPSA) is 86.7 Å². The van der Waals surface area contributed by atoms with Crippen LogP contribution < -0.4 is 4.72 Å². The number of carbonyl (C=O) groups is 1. The molecular weight excluding hydrogens is 328 g/mol. The number of benzene rings is 1. The van der Waals surface area contributed by atoms with Crippen LogP contribution >= 0.6 is 11.6 Å². The lowest BCUT2D eigenvalue weighted by atomic mass is 9.86. The molecule has 0 saturated heterocycles. The van der Waals surface area contributed by atoms with Crippen LogP contribution in [0.3, 0.4) is 0 Å². The first-order chi connectivity index (χ1) is 10.3. The van der Waals surface area contributed by atoms with Gasteiger partial charge in [-0.15, -0.1) is 0 Å². The predicted octanol–water partition coefficient (Wildman–Crippen LogP) is 1.56. The second-order valence-electron chi connectivity index (χ2n) is 5.36. The Morgan fingerprint density at radius 2 is 2.14 bits per heavy atom. The van der Waals surface area contributed by atoms with E-state index in [1.807, 2.05) is 11.8 Å². The maximum absolute atomic E-state index is 12.2. The van der Waals surface area contributed by atoms with Crippen molar-refractivity contribution in [3.63, 3.8) is 0 Å². The Morgan fingerprint density at radius 3 is 2.68 bits per heavy atom. The Bertz CT molecular complexity index is 644. The minimum Gasteiger partial charge on any atom is -0.480 e. The molecule has 0 unspecified atom stereocenters. The van der Waals surface area contributed by atoms with Gasteiger partial charge in [-0.05, 0) is 37.6 Å². The molecule has 0 amide bonds. The summed E-state index contributed by atoms with van der Waals surface area (Å²) in [5, 5.41) is 9.21. The maximum atomic E-state index is 12.2. The summed E-state index contributed by atoms with van der Waals surface area (Å²) in [6.45, 7) is 2.51. The number of hydrogen-bond acceptors (Lipinski definition) is 4. The second-order valence-corrected chi connectivity index (χ2v) is 7.51. The molecule has 0 atom stereocenters. The number of hydrogen-bond donors (Lipinski definition) is 2. The molecule has 2 N–H and O–H groups in total. The van der Waals surface area contributed by atoms with E-state index in [4.69, 9.17) is 16.7 Å². The Kier molecular flexibility index (Phi) is 5.44. The minimum absolute atomic E-state index is 0.0189. The number of halogens is 1. The van der Waals surface area contributed by atoms with Crippen molar-refractivity contribution in [1.29, 1.82) is 0 Å². The van der Waals surface area contributed by atoms with Gasteiger partial charge in [-0.1, -0.05) is 24.6 Å². The first kappa shape index (κ1) is 17.2. The number of nitrogens with one attached hydrogen (secondary N) is 1. The van der Waals surface area contributed by atoms with Crippen molar-refractivity contribution in [2.24, 2.45) is 0 Å². The Labute approximate surface area is 135 Å². The minimum atomic E-state index is -3.59. The van der Waals surface area contributed by atoms with E-state index in [0.29, 0.717) is 24.4 Å². The van der Waals surface area contributed by atoms with Gasteiger partial charge in [-0.25, -0.2) is 13.1 Å². The molecular formula is C14H19ClN2O4S. The maximum Gasteiger partial charge on any atom is 0.317 e. The quantitative estimate of drug-likeness (QED) is 0.782. The van der Waals surface area contributed by atoms with E-state index in [1.165, 1.54) is 12.1 Å². The van der Waals surface area contributed by atoms with Crippen LogP contribution in [0.15, 0.2) is 29.2 Å². The third kappa shape index (κ3) is 4.19. The highest BCUT2D eigenvalue weighted by molar-refractivity contribution is 7.89. The zero-order chi connectivity index (χ0) is 16.3. The molecule has 0 heterocycles. The summed E-state index contributed by atoms with van der Waals surface area (Å²) in [5.74, 6) is -0.871. The van der Waals surface area contributed by atoms with Gasteiger partial charge in [0.25, 0.3) is 0 Å². The molecule has 0 spiro atoms. The van der Waals surface area contributed by atoms with E-state index in [-0.39, 0.29) is 23.5 Å². The Morgan fingerprint density at radius 1 is 1.45 bits per heavy atom. The number of carboxylic acids is 1. The summed E-state index contributed by atoms with van der Waals surface area (Å²) in [6, 6.07) is 6.04. The molecule has 1 aliphatic rings. The zero-order valence-electron chi connectivity index (χ0n) is 12.2. The average molecular weight is 347 g/mol. The van der Waals surface area contributed by atoms with Gasteiger partial charge < -0.3 is 5.11 Å². The van der Waals surface area contributed by atoms with E-state index < -0.39 is 16.0 Å². The number of rotatable bonds is 7. The highest BCUT2D eigenvalue weighted by atomic mass is 35.5. The van der Waals surface area contributed by atoms with Crippen LogP contribution in [-0.4, -0.2) is 49.6 Å². The molecule has 1 saturated carbocycles. The van der Waals surface area contributed by atoms with Gasteiger partial charge >= 0.3 is 5.97 Å². The van der Waals surface area contributed by atoms with Crippen LogP contribution in [0.5, 0.6) is 0 Å². The van der Waals surface area contributed by atoms with E-state index in [0.717, 1.165) is 0 Å². The molecule has 1 fully saturated rings. The van der Waals surface area contributed by atoms with Crippen LogP contribution in [0.1, 0.15) is 19.8 Å². The molecule has 0 radical (unpaired) electrons. The third-order valence-corrected chi connectivity index (χ3v) is 5.56. The van der Waals surface area contributed by atoms with Crippen molar-refractivity contribution in [1.82, 2.24) is 9.62 Å². The standard InChI is InChI=1S/C14H19ClN2O4S/c1-2-17(9-14(18)19)12-7-11(8-12)16-22(20,21)13-5-3-4-10(15)6-13/h3-6,11-12,16H,2,7-9H2,1H3,(H,18,19). The zero-order valence-corrected chi connectivity index (χ0v) is 13.8. The van der Waals surface area contributed by atoms with Gasteiger partial charge in [0.05, 0.1) is 11.4 Å². The van der Waals surface area contributed by atoms with Crippen LogP contribution in [0.25, 0.3) is 0 Å². The van der Waals surface area contributed by atoms with Crippen molar-refractivity contribution in [2.45, 2.75) is 36.7 Å². The normalized spacial score (nSPS) is 21.6. The summed E-state index contributed by atoms with van der Waals surface area (Å²) in [4.78, 5) is 12.8. The van der Waals surface area contributed by atoms with Crippen molar-refractivity contribution in [3.05, 3.63) is 29.3 Å². The molecule has 1 aromatic carbocycles. The van der Waals surface area contributed by atoms with Crippen LogP contribution in [0.2, 0.25) is 5.02 Å². The first-order valence-corrected chi connectivity index (χ1v) is 8.91. The number of carboxylic acid groups (broad SMARTS) is 1. The molecule has 8 heteroatoms. The fourth-order valence-electron chi connectivity index (χ4n) is 2.58. The Balaban J connectivity index is 1.93. The molecule has 2 rings (SSSR count). The fourth-order valence-corrected chi connectivity index (χ4v) is 4.14. The number of nitrogens with zero attached hydrogens (tertiary/aromatic N) is 1. The van der Waals surface area contributed by atoms with E-state index >= 15 is 0 Å². The van der Waals surface area contributed by atoms with E-state index in [9.17, 15) is 13.2 Å². The molecule has 6 nitrogen and oxygen atoms in total. The second kappa shape index (κ2) is 6.95. The Hall–Kier alpha value is -1.15. The summed E-state index contributed by atoms with van der Waals surface area (Å²) < 4.78 is 27.1. The molecule has 0 aromatic heterocycles. The fraction of sp³-hybridized carbons (Fsp3) is 0.500. The van der Waals surface area contributed by atoms with Gasteiger partial charge in [0.2, 0.25) is 10.0 Å². The van der Waals surface area contributed by atoms with Crippen LogP contribution in [0.4, 0.5) is 0 Å². The lowest BCUT2D eigenvalue weighted by Gasteiger charge is -2.42. The highest BCUT2D eigenvalue weighted by Crippen LogP contribution is 2.27. The lowest BCUT2D eigenvalue weighted by molar-refractivity contribution is -0.139. The van der Waals surface area contributed by atoms with Crippen molar-refractivity contribution >= 4 is 27.6 Å². The molecule has 1 aromatic rings. The summed E-state index contributed by atoms with van der Waals surface area (Å²) >= 11 is 5.81. The molecule has 0 bridgehead atoms. The van der Waals surface area contributed by atoms with Crippen molar-refractivity contribution < 1.29 is 18.3 Å². The number of sulfonamides is 1.